The van der Waals surface area contributed by atoms with E-state index in [0.29, 0.717) is 18.2 Å². The number of aryl methyl sites for hydroxylation is 1. The molecule has 1 fully saturated rings. The van der Waals surface area contributed by atoms with Gasteiger partial charge in [-0.3, -0.25) is 9.48 Å². The number of amides is 1. The lowest BCUT2D eigenvalue weighted by molar-refractivity contribution is 0.0765. The van der Waals surface area contributed by atoms with E-state index in [2.05, 4.69) is 43.2 Å². The van der Waals surface area contributed by atoms with Gasteiger partial charge in [-0.2, -0.15) is 5.10 Å². The van der Waals surface area contributed by atoms with Gasteiger partial charge in [0.1, 0.15) is 5.69 Å². The molecule has 22 heavy (non-hydrogen) atoms. The minimum absolute atomic E-state index is 0.0775. The number of carbonyl (C=O) groups excluding carboxylic acids is 1. The Morgan fingerprint density at radius 1 is 1.27 bits per heavy atom. The van der Waals surface area contributed by atoms with Crippen molar-refractivity contribution >= 4 is 5.91 Å². The molecule has 0 aliphatic carbocycles. The van der Waals surface area contributed by atoms with Crippen LogP contribution in [0.1, 0.15) is 42.7 Å². The molecule has 1 aliphatic heterocycles. The maximum Gasteiger partial charge on any atom is 0.272 e. The van der Waals surface area contributed by atoms with Gasteiger partial charge in [0.15, 0.2) is 0 Å². The number of hydrogen-bond acceptors (Lipinski definition) is 2. The summed E-state index contributed by atoms with van der Waals surface area (Å²) >= 11 is 0. The van der Waals surface area contributed by atoms with Crippen LogP contribution in [0, 0.1) is 5.41 Å². The highest BCUT2D eigenvalue weighted by Crippen LogP contribution is 2.42. The zero-order chi connectivity index (χ0) is 15.7. The molecule has 3 rings (SSSR count). The summed E-state index contributed by atoms with van der Waals surface area (Å²) in [6.07, 6.45) is 1.70. The number of nitrogens with zero attached hydrogens (tertiary/aromatic N) is 3. The minimum Gasteiger partial charge on any atom is -0.336 e. The Kier molecular flexibility index (Phi) is 3.77. The molecular weight excluding hydrogens is 274 g/mol. The van der Waals surface area contributed by atoms with Crippen LogP contribution in [0.2, 0.25) is 0 Å². The normalized spacial score (nSPS) is 20.3. The second-order valence-corrected chi connectivity index (χ2v) is 6.67. The Morgan fingerprint density at radius 3 is 2.68 bits per heavy atom. The minimum atomic E-state index is 0.0775. The molecule has 0 saturated carbocycles. The molecule has 4 nitrogen and oxygen atoms in total. The topological polar surface area (TPSA) is 38.1 Å². The van der Waals surface area contributed by atoms with E-state index in [1.807, 2.05) is 24.0 Å². The molecule has 1 aromatic carbocycles. The fourth-order valence-corrected chi connectivity index (χ4v) is 3.46. The Hall–Kier alpha value is -2.10. The van der Waals surface area contributed by atoms with Gasteiger partial charge in [-0.25, -0.2) is 0 Å². The lowest BCUT2D eigenvalue weighted by atomic mass is 9.78. The molecule has 2 heterocycles. The average molecular weight is 297 g/mol. The fourth-order valence-electron chi connectivity index (χ4n) is 3.46. The van der Waals surface area contributed by atoms with Crippen LogP contribution in [0.5, 0.6) is 0 Å². The van der Waals surface area contributed by atoms with Gasteiger partial charge in [-0.15, -0.1) is 0 Å². The molecule has 4 heteroatoms. The molecular formula is C18H23N3O. The van der Waals surface area contributed by atoms with Crippen molar-refractivity contribution in [2.75, 3.05) is 13.1 Å². The third-order valence-corrected chi connectivity index (χ3v) is 4.67. The average Bonchev–Trinajstić information content (AvgIpc) is 3.11. The largest absolute Gasteiger partial charge is 0.336 e. The summed E-state index contributed by atoms with van der Waals surface area (Å²) in [6, 6.07) is 12.3. The predicted octanol–water partition coefficient (Wildman–Crippen LogP) is 3.17. The zero-order valence-electron chi connectivity index (χ0n) is 13.5. The van der Waals surface area contributed by atoms with Gasteiger partial charge in [0.25, 0.3) is 5.91 Å². The maximum atomic E-state index is 12.8. The van der Waals surface area contributed by atoms with Crippen LogP contribution in [0.4, 0.5) is 0 Å². The van der Waals surface area contributed by atoms with Gasteiger partial charge in [0.05, 0.1) is 0 Å². The number of hydrogen-bond donors (Lipinski definition) is 0. The van der Waals surface area contributed by atoms with Crippen LogP contribution < -0.4 is 0 Å². The molecule has 116 valence electrons. The highest BCUT2D eigenvalue weighted by Gasteiger charge is 2.42. The summed E-state index contributed by atoms with van der Waals surface area (Å²) in [5.74, 6) is 0.460. The quantitative estimate of drug-likeness (QED) is 0.872. The Morgan fingerprint density at radius 2 is 2.00 bits per heavy atom. The molecule has 0 radical (unpaired) electrons. The van der Waals surface area contributed by atoms with Gasteiger partial charge in [0.2, 0.25) is 0 Å². The molecule has 2 aromatic rings. The number of carbonyl (C=O) groups is 1. The number of benzene rings is 1. The van der Waals surface area contributed by atoms with E-state index in [-0.39, 0.29) is 11.3 Å². The molecule has 0 spiro atoms. The van der Waals surface area contributed by atoms with E-state index in [0.717, 1.165) is 13.1 Å². The van der Waals surface area contributed by atoms with E-state index < -0.39 is 0 Å². The van der Waals surface area contributed by atoms with Crippen LogP contribution in [-0.4, -0.2) is 33.7 Å². The Bertz CT molecular complexity index is 660. The lowest BCUT2D eigenvalue weighted by Crippen LogP contribution is -2.31. The first kappa shape index (κ1) is 14.8. The van der Waals surface area contributed by atoms with Gasteiger partial charge >= 0.3 is 0 Å². The summed E-state index contributed by atoms with van der Waals surface area (Å²) < 4.78 is 1.77. The van der Waals surface area contributed by atoms with E-state index >= 15 is 0 Å². The van der Waals surface area contributed by atoms with E-state index in [4.69, 9.17) is 0 Å². The van der Waals surface area contributed by atoms with E-state index in [1.165, 1.54) is 5.56 Å². The molecule has 0 N–H and O–H groups in total. The van der Waals surface area contributed by atoms with Crippen molar-refractivity contribution in [3.8, 4) is 0 Å². The fraction of sp³-hybridized carbons (Fsp3) is 0.444. The summed E-state index contributed by atoms with van der Waals surface area (Å²) in [5.41, 5.74) is 2.08. The predicted molar refractivity (Wildman–Crippen MR) is 86.8 cm³/mol. The number of aromatic nitrogens is 2. The van der Waals surface area contributed by atoms with Crippen LogP contribution in [0.25, 0.3) is 0 Å². The standard InChI is InChI=1S/C18H23N3O/c1-4-21-16(10-11-19-21)17(22)20-12-15(18(2,3)13-20)14-8-6-5-7-9-14/h5-11,15H,4,12-13H2,1-3H3. The maximum absolute atomic E-state index is 12.8. The number of rotatable bonds is 3. The third kappa shape index (κ3) is 2.54. The van der Waals surface area contributed by atoms with Crippen LogP contribution >= 0.6 is 0 Å². The zero-order valence-corrected chi connectivity index (χ0v) is 13.5. The summed E-state index contributed by atoms with van der Waals surface area (Å²) in [4.78, 5) is 14.8. The molecule has 1 unspecified atom stereocenters. The SMILES string of the molecule is CCn1nccc1C(=O)N1CC(c2ccccc2)C(C)(C)C1. The Labute approximate surface area is 131 Å². The second kappa shape index (κ2) is 5.59. The van der Waals surface area contributed by atoms with Crippen molar-refractivity contribution in [2.45, 2.75) is 33.2 Å². The molecule has 1 atom stereocenters. The van der Waals surface area contributed by atoms with Crippen molar-refractivity contribution in [2.24, 2.45) is 5.41 Å². The molecule has 1 amide bonds. The van der Waals surface area contributed by atoms with Crippen molar-refractivity contribution < 1.29 is 4.79 Å². The Balaban J connectivity index is 1.85. The monoisotopic (exact) mass is 297 g/mol. The molecule has 1 aliphatic rings. The lowest BCUT2D eigenvalue weighted by Gasteiger charge is -2.25. The number of likely N-dealkylation sites (tertiary alicyclic amines) is 1. The highest BCUT2D eigenvalue weighted by molar-refractivity contribution is 5.92. The first-order valence-electron chi connectivity index (χ1n) is 7.89. The van der Waals surface area contributed by atoms with Gasteiger partial charge < -0.3 is 4.90 Å². The van der Waals surface area contributed by atoms with Crippen molar-refractivity contribution in [1.82, 2.24) is 14.7 Å². The highest BCUT2D eigenvalue weighted by atomic mass is 16.2. The van der Waals surface area contributed by atoms with Crippen LogP contribution in [-0.2, 0) is 6.54 Å². The first-order valence-corrected chi connectivity index (χ1v) is 7.89. The van der Waals surface area contributed by atoms with Crippen LogP contribution in [0.15, 0.2) is 42.6 Å². The van der Waals surface area contributed by atoms with Gasteiger partial charge in [0, 0.05) is 31.7 Å². The van der Waals surface area contributed by atoms with Crippen molar-refractivity contribution in [1.29, 1.82) is 0 Å². The van der Waals surface area contributed by atoms with Gasteiger partial charge in [-0.1, -0.05) is 44.2 Å². The summed E-state index contributed by atoms with van der Waals surface area (Å²) in [6.45, 7) is 8.76. The first-order chi connectivity index (χ1) is 10.5. The second-order valence-electron chi connectivity index (χ2n) is 6.67. The van der Waals surface area contributed by atoms with E-state index in [1.54, 1.807) is 10.9 Å². The van der Waals surface area contributed by atoms with Crippen molar-refractivity contribution in [3.05, 3.63) is 53.9 Å². The van der Waals surface area contributed by atoms with Gasteiger partial charge in [-0.05, 0) is 24.0 Å². The summed E-state index contributed by atoms with van der Waals surface area (Å²) in [7, 11) is 0. The molecule has 1 saturated heterocycles. The summed E-state index contributed by atoms with van der Waals surface area (Å²) in [5, 5.41) is 4.21. The smallest absolute Gasteiger partial charge is 0.272 e. The third-order valence-electron chi connectivity index (χ3n) is 4.67. The molecule has 1 aromatic heterocycles. The van der Waals surface area contributed by atoms with E-state index in [9.17, 15) is 4.79 Å². The van der Waals surface area contributed by atoms with Crippen molar-refractivity contribution in [3.63, 3.8) is 0 Å². The van der Waals surface area contributed by atoms with Crippen LogP contribution in [0.3, 0.4) is 0 Å². The molecule has 0 bridgehead atoms.